The highest BCUT2D eigenvalue weighted by molar-refractivity contribution is 5.76. The van der Waals surface area contributed by atoms with E-state index < -0.39 is 23.0 Å². The second-order valence-electron chi connectivity index (χ2n) is 6.93. The van der Waals surface area contributed by atoms with E-state index in [1.807, 2.05) is 18.7 Å². The zero-order chi connectivity index (χ0) is 18.9. The predicted molar refractivity (Wildman–Crippen MR) is 93.1 cm³/mol. The lowest BCUT2D eigenvalue weighted by atomic mass is 9.75. The minimum atomic E-state index is -1.15. The number of hydrogen-bond donors (Lipinski definition) is 1. The van der Waals surface area contributed by atoms with E-state index in [0.717, 1.165) is 23.4 Å². The van der Waals surface area contributed by atoms with Crippen molar-refractivity contribution < 1.29 is 18.7 Å². The summed E-state index contributed by atoms with van der Waals surface area (Å²) in [5.41, 5.74) is 0.807. The molecule has 2 heterocycles. The number of anilines is 1. The molecular weight excluding hydrogens is 340 g/mol. The van der Waals surface area contributed by atoms with Gasteiger partial charge in [0.2, 0.25) is 0 Å². The van der Waals surface area contributed by atoms with Crippen LogP contribution in [0.25, 0.3) is 0 Å². The van der Waals surface area contributed by atoms with Gasteiger partial charge in [0.25, 0.3) is 0 Å². The first-order valence-corrected chi connectivity index (χ1v) is 8.53. The van der Waals surface area contributed by atoms with Crippen LogP contribution in [0, 0.1) is 30.9 Å². The summed E-state index contributed by atoms with van der Waals surface area (Å²) in [6, 6.07) is 3.28. The van der Waals surface area contributed by atoms with Crippen LogP contribution in [0.1, 0.15) is 29.7 Å². The summed E-state index contributed by atoms with van der Waals surface area (Å²) < 4.78 is 27.3. The number of rotatable bonds is 4. The van der Waals surface area contributed by atoms with Gasteiger partial charge in [0.15, 0.2) is 0 Å². The molecule has 0 spiro atoms. The molecule has 0 amide bonds. The molecule has 1 fully saturated rings. The topological polar surface area (TPSA) is 66.3 Å². The maximum Gasteiger partial charge on any atom is 0.311 e. The highest BCUT2D eigenvalue weighted by atomic mass is 19.1. The number of aliphatic carboxylic acids is 1. The third kappa shape index (κ3) is 3.38. The Morgan fingerprint density at radius 2 is 2.08 bits per heavy atom. The number of carboxylic acid groups (broad SMARTS) is 1. The minimum absolute atomic E-state index is 0.00800. The lowest BCUT2D eigenvalue weighted by molar-refractivity contribution is -0.149. The third-order valence-corrected chi connectivity index (χ3v) is 5.18. The molecule has 1 saturated heterocycles. The second kappa shape index (κ2) is 6.97. The number of hydrogen-bond acceptors (Lipinski definition) is 4. The first-order chi connectivity index (χ1) is 12.3. The fraction of sp³-hybridized carbons (Fsp3) is 0.421. The van der Waals surface area contributed by atoms with Crippen molar-refractivity contribution in [1.82, 2.24) is 9.97 Å². The quantitative estimate of drug-likeness (QED) is 0.905. The first kappa shape index (κ1) is 18.2. The molecule has 5 nitrogen and oxygen atoms in total. The van der Waals surface area contributed by atoms with Crippen LogP contribution in [-0.4, -0.2) is 34.1 Å². The normalized spacial score (nSPS) is 20.2. The van der Waals surface area contributed by atoms with Gasteiger partial charge in [-0.3, -0.25) is 4.79 Å². The molecule has 26 heavy (non-hydrogen) atoms. The van der Waals surface area contributed by atoms with E-state index >= 15 is 0 Å². The minimum Gasteiger partial charge on any atom is -0.481 e. The molecule has 2 aromatic rings. The van der Waals surface area contributed by atoms with Crippen molar-refractivity contribution in [3.05, 3.63) is 53.0 Å². The Balaban J connectivity index is 1.93. The fourth-order valence-electron chi connectivity index (χ4n) is 3.58. The predicted octanol–water partition coefficient (Wildman–Crippen LogP) is 3.29. The molecule has 0 radical (unpaired) electrons. The summed E-state index contributed by atoms with van der Waals surface area (Å²) in [5, 5.41) is 9.93. The van der Waals surface area contributed by atoms with Gasteiger partial charge < -0.3 is 10.0 Å². The van der Waals surface area contributed by atoms with Crippen LogP contribution in [-0.2, 0) is 11.2 Å². The summed E-state index contributed by atoms with van der Waals surface area (Å²) in [6.07, 6.45) is 2.55. The van der Waals surface area contributed by atoms with Crippen LogP contribution in [0.2, 0.25) is 0 Å². The molecule has 0 saturated carbocycles. The smallest absolute Gasteiger partial charge is 0.311 e. The number of piperidine rings is 1. The number of nitrogens with zero attached hydrogens (tertiary/aromatic N) is 3. The van der Waals surface area contributed by atoms with Crippen LogP contribution in [0.15, 0.2) is 24.5 Å². The van der Waals surface area contributed by atoms with Gasteiger partial charge in [-0.15, -0.1) is 0 Å². The zero-order valence-corrected chi connectivity index (χ0v) is 14.8. The van der Waals surface area contributed by atoms with Crippen LogP contribution < -0.4 is 4.90 Å². The summed E-state index contributed by atoms with van der Waals surface area (Å²) in [7, 11) is 0. The van der Waals surface area contributed by atoms with Crippen molar-refractivity contribution in [2.45, 2.75) is 33.1 Å². The molecule has 0 aliphatic carbocycles. The molecular formula is C19H21F2N3O2. The number of carboxylic acids is 1. The van der Waals surface area contributed by atoms with Crippen LogP contribution >= 0.6 is 0 Å². The van der Waals surface area contributed by atoms with E-state index in [2.05, 4.69) is 9.97 Å². The highest BCUT2D eigenvalue weighted by Gasteiger charge is 2.43. The van der Waals surface area contributed by atoms with E-state index in [0.29, 0.717) is 25.2 Å². The maximum absolute atomic E-state index is 14.1. The Morgan fingerprint density at radius 1 is 1.31 bits per heavy atom. The Bertz CT molecular complexity index is 844. The van der Waals surface area contributed by atoms with Crippen LogP contribution in [0.5, 0.6) is 0 Å². The highest BCUT2D eigenvalue weighted by Crippen LogP contribution is 2.37. The van der Waals surface area contributed by atoms with Crippen molar-refractivity contribution in [2.75, 3.05) is 18.0 Å². The standard InChI is InChI=1S/C19H21F2N3O2/c1-12-13(2)22-11-23-17(12)24-7-3-6-19(10-24,18(25)26)9-14-4-5-15(20)8-16(14)21/h4-5,8,11H,3,6-7,9-10H2,1-2H3,(H,25,26)/t19-/m0/s1. The van der Waals surface area contributed by atoms with Gasteiger partial charge in [-0.2, -0.15) is 0 Å². The van der Waals surface area contributed by atoms with E-state index in [4.69, 9.17) is 0 Å². The fourth-order valence-corrected chi connectivity index (χ4v) is 3.58. The monoisotopic (exact) mass is 361 g/mol. The summed E-state index contributed by atoms with van der Waals surface area (Å²) in [4.78, 5) is 22.5. The molecule has 0 bridgehead atoms. The molecule has 1 N–H and O–H groups in total. The molecule has 1 aromatic heterocycles. The van der Waals surface area contributed by atoms with Crippen molar-refractivity contribution >= 4 is 11.8 Å². The summed E-state index contributed by atoms with van der Waals surface area (Å²) in [5.74, 6) is -1.65. The maximum atomic E-state index is 14.1. The number of halogens is 2. The lowest BCUT2D eigenvalue weighted by Crippen LogP contribution is -2.49. The van der Waals surface area contributed by atoms with Gasteiger partial charge in [-0.1, -0.05) is 6.07 Å². The van der Waals surface area contributed by atoms with Crippen LogP contribution in [0.4, 0.5) is 14.6 Å². The largest absolute Gasteiger partial charge is 0.481 e. The Labute approximate surface area is 150 Å². The number of carbonyl (C=O) groups is 1. The Hall–Kier alpha value is -2.57. The number of aromatic nitrogens is 2. The molecule has 1 aliphatic heterocycles. The summed E-state index contributed by atoms with van der Waals surface area (Å²) >= 11 is 0. The third-order valence-electron chi connectivity index (χ3n) is 5.18. The molecule has 1 aromatic carbocycles. The van der Waals surface area contributed by atoms with Gasteiger partial charge in [-0.25, -0.2) is 18.7 Å². The Kier molecular flexibility index (Phi) is 4.89. The molecule has 3 rings (SSSR count). The zero-order valence-electron chi connectivity index (χ0n) is 14.8. The van der Waals surface area contributed by atoms with Crippen molar-refractivity contribution in [1.29, 1.82) is 0 Å². The van der Waals surface area contributed by atoms with Gasteiger partial charge in [0.1, 0.15) is 23.8 Å². The van der Waals surface area contributed by atoms with E-state index in [-0.39, 0.29) is 18.5 Å². The number of aryl methyl sites for hydroxylation is 1. The van der Waals surface area contributed by atoms with Crippen molar-refractivity contribution in [3.8, 4) is 0 Å². The number of benzene rings is 1. The van der Waals surface area contributed by atoms with Crippen molar-refractivity contribution in [3.63, 3.8) is 0 Å². The van der Waals surface area contributed by atoms with E-state index in [1.54, 1.807) is 0 Å². The average Bonchev–Trinajstić information content (AvgIpc) is 2.60. The van der Waals surface area contributed by atoms with E-state index in [1.165, 1.54) is 12.4 Å². The van der Waals surface area contributed by atoms with Crippen molar-refractivity contribution in [2.24, 2.45) is 5.41 Å². The van der Waals surface area contributed by atoms with E-state index in [9.17, 15) is 18.7 Å². The van der Waals surface area contributed by atoms with Gasteiger partial charge in [0.05, 0.1) is 5.41 Å². The SMILES string of the molecule is Cc1ncnc(N2CCC[C@@](Cc3ccc(F)cc3F)(C(=O)O)C2)c1C. The molecule has 1 aliphatic rings. The molecule has 1 atom stereocenters. The molecule has 0 unspecified atom stereocenters. The van der Waals surface area contributed by atoms with Gasteiger partial charge >= 0.3 is 5.97 Å². The van der Waals surface area contributed by atoms with Crippen LogP contribution in [0.3, 0.4) is 0 Å². The molecule has 138 valence electrons. The average molecular weight is 361 g/mol. The lowest BCUT2D eigenvalue weighted by Gasteiger charge is -2.41. The molecule has 7 heteroatoms. The van der Waals surface area contributed by atoms with Gasteiger partial charge in [-0.05, 0) is 44.7 Å². The first-order valence-electron chi connectivity index (χ1n) is 8.53. The van der Waals surface area contributed by atoms with Gasteiger partial charge in [0, 0.05) is 30.4 Å². The Morgan fingerprint density at radius 3 is 2.77 bits per heavy atom. The summed E-state index contributed by atoms with van der Waals surface area (Å²) in [6.45, 7) is 4.68. The second-order valence-corrected chi connectivity index (χ2v) is 6.93.